The summed E-state index contributed by atoms with van der Waals surface area (Å²) in [6, 6.07) is 7.32. The van der Waals surface area contributed by atoms with Crippen molar-refractivity contribution in [1.29, 1.82) is 0 Å². The molecule has 2 aliphatic rings. The zero-order chi connectivity index (χ0) is 16.9. The van der Waals surface area contributed by atoms with Crippen molar-refractivity contribution in [3.8, 4) is 0 Å². The molecule has 1 unspecified atom stereocenters. The van der Waals surface area contributed by atoms with Crippen LogP contribution in [0.15, 0.2) is 24.3 Å². The number of carbonyl (C=O) groups excluding carboxylic acids is 1. The average Bonchev–Trinajstić information content (AvgIpc) is 2.61. The second-order valence-corrected chi connectivity index (χ2v) is 7.09. The maximum Gasteiger partial charge on any atom is 0.226 e. The Balaban J connectivity index is 1.54. The molecule has 0 aliphatic carbocycles. The summed E-state index contributed by atoms with van der Waals surface area (Å²) in [6.45, 7) is 4.24. The minimum atomic E-state index is -0.190. The van der Waals surface area contributed by atoms with E-state index < -0.39 is 0 Å². The Morgan fingerprint density at radius 1 is 1.25 bits per heavy atom. The van der Waals surface area contributed by atoms with Gasteiger partial charge in [0.15, 0.2) is 0 Å². The van der Waals surface area contributed by atoms with E-state index in [1.165, 1.54) is 6.07 Å². The van der Waals surface area contributed by atoms with E-state index in [1.807, 2.05) is 18.0 Å². The van der Waals surface area contributed by atoms with Gasteiger partial charge in [-0.2, -0.15) is 0 Å². The van der Waals surface area contributed by atoms with Gasteiger partial charge in [0.2, 0.25) is 5.91 Å². The van der Waals surface area contributed by atoms with Crippen LogP contribution in [0.25, 0.3) is 0 Å². The zero-order valence-corrected chi connectivity index (χ0v) is 14.5. The monoisotopic (exact) mass is 333 g/mol. The largest absolute Gasteiger partial charge is 0.342 e. The van der Waals surface area contributed by atoms with Gasteiger partial charge in [-0.1, -0.05) is 12.1 Å². The number of hydrogen-bond donors (Lipinski definition) is 1. The fourth-order valence-electron chi connectivity index (χ4n) is 3.94. The maximum atomic E-state index is 13.3. The van der Waals surface area contributed by atoms with Gasteiger partial charge in [-0.25, -0.2) is 4.39 Å². The standard InChI is InChI=1S/C19H28FN3O/c1-21-18-7-10-23(11-8-18)19(24)16-5-3-9-22(14-16)13-15-4-2-6-17(20)12-15/h2,4,6,12,16,18,21H,3,5,7-11,13-14H2,1H3. The number of hydrogen-bond acceptors (Lipinski definition) is 3. The van der Waals surface area contributed by atoms with Crippen molar-refractivity contribution in [3.05, 3.63) is 35.6 Å². The first-order valence-corrected chi connectivity index (χ1v) is 9.08. The Labute approximate surface area is 144 Å². The van der Waals surface area contributed by atoms with Crippen LogP contribution >= 0.6 is 0 Å². The minimum Gasteiger partial charge on any atom is -0.342 e. The van der Waals surface area contributed by atoms with Gasteiger partial charge in [-0.3, -0.25) is 9.69 Å². The predicted molar refractivity (Wildman–Crippen MR) is 93.1 cm³/mol. The first-order valence-electron chi connectivity index (χ1n) is 9.08. The lowest BCUT2D eigenvalue weighted by atomic mass is 9.94. The van der Waals surface area contributed by atoms with Gasteiger partial charge in [0, 0.05) is 32.2 Å². The maximum absolute atomic E-state index is 13.3. The van der Waals surface area contributed by atoms with E-state index in [0.29, 0.717) is 11.9 Å². The molecule has 1 N–H and O–H groups in total. The van der Waals surface area contributed by atoms with Crippen molar-refractivity contribution in [1.82, 2.24) is 15.1 Å². The minimum absolute atomic E-state index is 0.0958. The van der Waals surface area contributed by atoms with Crippen molar-refractivity contribution in [2.45, 2.75) is 38.3 Å². The Morgan fingerprint density at radius 2 is 2.04 bits per heavy atom. The zero-order valence-electron chi connectivity index (χ0n) is 14.5. The summed E-state index contributed by atoms with van der Waals surface area (Å²) in [4.78, 5) is 17.2. The molecule has 0 spiro atoms. The van der Waals surface area contributed by atoms with Gasteiger partial charge in [-0.15, -0.1) is 0 Å². The molecule has 0 bridgehead atoms. The number of nitrogens with zero attached hydrogens (tertiary/aromatic N) is 2. The van der Waals surface area contributed by atoms with Crippen LogP contribution < -0.4 is 5.32 Å². The number of halogens is 1. The van der Waals surface area contributed by atoms with Crippen LogP contribution in [0.2, 0.25) is 0 Å². The molecule has 2 fully saturated rings. The van der Waals surface area contributed by atoms with E-state index >= 15 is 0 Å². The lowest BCUT2D eigenvalue weighted by molar-refractivity contribution is -0.138. The second-order valence-electron chi connectivity index (χ2n) is 7.09. The highest BCUT2D eigenvalue weighted by molar-refractivity contribution is 5.79. The van der Waals surface area contributed by atoms with E-state index in [-0.39, 0.29) is 11.7 Å². The van der Waals surface area contributed by atoms with E-state index in [9.17, 15) is 9.18 Å². The smallest absolute Gasteiger partial charge is 0.226 e. The Morgan fingerprint density at radius 3 is 2.75 bits per heavy atom. The summed E-state index contributed by atoms with van der Waals surface area (Å²) in [6.07, 6.45) is 4.10. The summed E-state index contributed by atoms with van der Waals surface area (Å²) in [5.74, 6) is 0.219. The van der Waals surface area contributed by atoms with Crippen molar-refractivity contribution in [2.75, 3.05) is 33.2 Å². The fourth-order valence-corrected chi connectivity index (χ4v) is 3.94. The van der Waals surface area contributed by atoms with Gasteiger partial charge < -0.3 is 10.2 Å². The van der Waals surface area contributed by atoms with Crippen molar-refractivity contribution in [3.63, 3.8) is 0 Å². The first-order chi connectivity index (χ1) is 11.7. The number of likely N-dealkylation sites (tertiary alicyclic amines) is 2. The number of piperidine rings is 2. The highest BCUT2D eigenvalue weighted by atomic mass is 19.1. The van der Waals surface area contributed by atoms with Crippen LogP contribution in [0.3, 0.4) is 0 Å². The summed E-state index contributed by atoms with van der Waals surface area (Å²) >= 11 is 0. The topological polar surface area (TPSA) is 35.6 Å². The summed E-state index contributed by atoms with van der Waals surface area (Å²) in [7, 11) is 1.99. The van der Waals surface area contributed by atoms with Crippen LogP contribution in [0.5, 0.6) is 0 Å². The Hall–Kier alpha value is -1.46. The van der Waals surface area contributed by atoms with Crippen molar-refractivity contribution < 1.29 is 9.18 Å². The second kappa shape index (κ2) is 8.08. The molecule has 1 atom stereocenters. The molecule has 3 rings (SSSR count). The molecule has 0 radical (unpaired) electrons. The third-order valence-electron chi connectivity index (χ3n) is 5.36. The van der Waals surface area contributed by atoms with E-state index in [0.717, 1.165) is 64.0 Å². The molecule has 2 saturated heterocycles. The molecule has 1 aromatic carbocycles. The van der Waals surface area contributed by atoms with Crippen LogP contribution in [0.4, 0.5) is 4.39 Å². The number of benzene rings is 1. The number of rotatable bonds is 4. The summed E-state index contributed by atoms with van der Waals surface area (Å²) in [5, 5.41) is 3.30. The van der Waals surface area contributed by atoms with Gasteiger partial charge in [0.1, 0.15) is 5.82 Å². The average molecular weight is 333 g/mol. The highest BCUT2D eigenvalue weighted by Gasteiger charge is 2.31. The van der Waals surface area contributed by atoms with Crippen molar-refractivity contribution >= 4 is 5.91 Å². The molecule has 1 aromatic rings. The molecule has 24 heavy (non-hydrogen) atoms. The third-order valence-corrected chi connectivity index (χ3v) is 5.36. The number of amides is 1. The van der Waals surface area contributed by atoms with E-state index in [1.54, 1.807) is 12.1 Å². The van der Waals surface area contributed by atoms with E-state index in [2.05, 4.69) is 10.2 Å². The molecule has 2 aliphatic heterocycles. The normalized spacial score (nSPS) is 23.4. The SMILES string of the molecule is CNC1CCN(C(=O)C2CCCN(Cc3cccc(F)c3)C2)CC1. The van der Waals surface area contributed by atoms with Gasteiger partial charge in [0.05, 0.1) is 5.92 Å². The Bertz CT molecular complexity index is 557. The number of nitrogens with one attached hydrogen (secondary N) is 1. The number of carbonyl (C=O) groups is 1. The lowest BCUT2D eigenvalue weighted by Crippen LogP contribution is -2.49. The lowest BCUT2D eigenvalue weighted by Gasteiger charge is -2.37. The van der Waals surface area contributed by atoms with Gasteiger partial charge in [-0.05, 0) is 57.0 Å². The highest BCUT2D eigenvalue weighted by Crippen LogP contribution is 2.22. The fraction of sp³-hybridized carbons (Fsp3) is 0.632. The predicted octanol–water partition coefficient (Wildman–Crippen LogP) is 2.25. The molecule has 4 nitrogen and oxygen atoms in total. The summed E-state index contributed by atoms with van der Waals surface area (Å²) in [5.41, 5.74) is 0.984. The van der Waals surface area contributed by atoms with Gasteiger partial charge in [0.25, 0.3) is 0 Å². The molecular weight excluding hydrogens is 305 g/mol. The quantitative estimate of drug-likeness (QED) is 0.918. The van der Waals surface area contributed by atoms with Crippen LogP contribution in [-0.2, 0) is 11.3 Å². The molecule has 0 aromatic heterocycles. The van der Waals surface area contributed by atoms with Crippen LogP contribution in [0, 0.1) is 11.7 Å². The Kier molecular flexibility index (Phi) is 5.85. The van der Waals surface area contributed by atoms with Crippen LogP contribution in [-0.4, -0.2) is 55.0 Å². The van der Waals surface area contributed by atoms with Crippen LogP contribution in [0.1, 0.15) is 31.2 Å². The summed E-state index contributed by atoms with van der Waals surface area (Å²) < 4.78 is 13.3. The first kappa shape index (κ1) is 17.4. The van der Waals surface area contributed by atoms with Crippen molar-refractivity contribution in [2.24, 2.45) is 5.92 Å². The van der Waals surface area contributed by atoms with Gasteiger partial charge >= 0.3 is 0 Å². The molecule has 2 heterocycles. The molecule has 5 heteroatoms. The molecule has 0 saturated carbocycles. The molecular formula is C19H28FN3O. The third kappa shape index (κ3) is 4.33. The molecule has 132 valence electrons. The molecule has 1 amide bonds. The van der Waals surface area contributed by atoms with E-state index in [4.69, 9.17) is 0 Å².